The molecule has 6 rings (SSSR count). The highest BCUT2D eigenvalue weighted by atomic mass is 19.1. The van der Waals surface area contributed by atoms with E-state index < -0.39 is 22.2 Å². The molecule has 0 atom stereocenters. The maximum Gasteiger partial charge on any atom is 0.280 e. The number of benzene rings is 4. The van der Waals surface area contributed by atoms with E-state index in [0.717, 1.165) is 29.5 Å². The Bertz CT molecular complexity index is 1910. The molecule has 0 spiro atoms. The van der Waals surface area contributed by atoms with Gasteiger partial charge in [0, 0.05) is 16.5 Å². The zero-order chi connectivity index (χ0) is 29.8. The molecule has 1 fully saturated rings. The summed E-state index contributed by atoms with van der Waals surface area (Å²) in [5, 5.41) is 15.7. The van der Waals surface area contributed by atoms with E-state index in [1.165, 1.54) is 36.4 Å². The molecule has 8 nitrogen and oxygen atoms in total. The summed E-state index contributed by atoms with van der Waals surface area (Å²) in [6.45, 7) is 3.66. The van der Waals surface area contributed by atoms with Gasteiger partial charge < -0.3 is 15.5 Å². The number of carbonyl (C=O) groups is 2. The summed E-state index contributed by atoms with van der Waals surface area (Å²) in [5.74, 6) is -1.48. The Kier molecular flexibility index (Phi) is 6.37. The lowest BCUT2D eigenvalue weighted by atomic mass is 9.91. The quantitative estimate of drug-likeness (QED) is 0.164. The average Bonchev–Trinajstić information content (AvgIpc) is 3.65. The maximum atomic E-state index is 13.6. The van der Waals surface area contributed by atoms with E-state index in [-0.39, 0.29) is 39.5 Å². The van der Waals surface area contributed by atoms with E-state index >= 15 is 0 Å². The van der Waals surface area contributed by atoms with Crippen molar-refractivity contribution in [1.29, 1.82) is 0 Å². The summed E-state index contributed by atoms with van der Waals surface area (Å²) in [7, 11) is 0. The van der Waals surface area contributed by atoms with Crippen LogP contribution >= 0.6 is 0 Å². The van der Waals surface area contributed by atoms with Crippen molar-refractivity contribution in [3.05, 3.63) is 123 Å². The molecular weight excluding hydrogens is 537 g/mol. The second kappa shape index (κ2) is 9.95. The number of rotatable bonds is 7. The Morgan fingerprint density at radius 1 is 0.976 bits per heavy atom. The number of aryl methyl sites for hydroxylation is 1. The van der Waals surface area contributed by atoms with Crippen molar-refractivity contribution in [2.75, 3.05) is 0 Å². The van der Waals surface area contributed by atoms with Crippen molar-refractivity contribution in [1.82, 2.24) is 5.32 Å². The topological polar surface area (TPSA) is 128 Å². The summed E-state index contributed by atoms with van der Waals surface area (Å²) in [4.78, 5) is 37.9. The number of primary amides is 1. The lowest BCUT2D eigenvalue weighted by Crippen LogP contribution is -2.34. The van der Waals surface area contributed by atoms with E-state index in [4.69, 9.17) is 10.2 Å². The molecule has 5 aromatic rings. The lowest BCUT2D eigenvalue weighted by Gasteiger charge is -2.19. The van der Waals surface area contributed by atoms with Gasteiger partial charge in [0.1, 0.15) is 17.2 Å². The van der Waals surface area contributed by atoms with Crippen LogP contribution in [0.3, 0.4) is 0 Å². The van der Waals surface area contributed by atoms with Crippen molar-refractivity contribution in [2.24, 2.45) is 5.73 Å². The van der Waals surface area contributed by atoms with E-state index in [2.05, 4.69) is 5.32 Å². The molecule has 0 aliphatic heterocycles. The van der Waals surface area contributed by atoms with E-state index in [0.29, 0.717) is 16.7 Å². The zero-order valence-electron chi connectivity index (χ0n) is 22.9. The second-order valence-corrected chi connectivity index (χ2v) is 10.7. The van der Waals surface area contributed by atoms with E-state index in [1.807, 2.05) is 44.2 Å². The molecule has 42 heavy (non-hydrogen) atoms. The first-order valence-corrected chi connectivity index (χ1v) is 13.4. The number of halogens is 1. The van der Waals surface area contributed by atoms with Gasteiger partial charge in [0.05, 0.1) is 27.7 Å². The zero-order valence-corrected chi connectivity index (χ0v) is 22.9. The fraction of sp³-hybridized carbons (Fsp3) is 0.152. The standard InChI is InChI=1S/C33H26FN3O5/c1-18-14-21(32(39)36-33(12-13-33)22-6-4-3-5-7-22)15-24(19(18)2)25-16-26-28(17-27(25)37(40)41)42-30(29(26)31(35)38)20-8-10-23(34)11-9-20/h3-11,14-17H,12-13H2,1-2H3,(H2,35,38)(H,36,39). The number of furan rings is 1. The largest absolute Gasteiger partial charge is 0.455 e. The molecule has 210 valence electrons. The van der Waals surface area contributed by atoms with Gasteiger partial charge in [0.2, 0.25) is 0 Å². The molecule has 0 radical (unpaired) electrons. The first-order valence-electron chi connectivity index (χ1n) is 13.4. The number of carbonyl (C=O) groups excluding carboxylic acids is 2. The molecule has 1 saturated carbocycles. The maximum absolute atomic E-state index is 13.6. The first kappa shape index (κ1) is 26.9. The van der Waals surface area contributed by atoms with Crippen LogP contribution in [0.5, 0.6) is 0 Å². The highest BCUT2D eigenvalue weighted by Gasteiger charge is 2.45. The second-order valence-electron chi connectivity index (χ2n) is 10.7. The summed E-state index contributed by atoms with van der Waals surface area (Å²) < 4.78 is 19.5. The Morgan fingerprint density at radius 3 is 2.29 bits per heavy atom. The van der Waals surface area contributed by atoms with Gasteiger partial charge in [-0.1, -0.05) is 30.3 Å². The molecule has 4 aromatic carbocycles. The Balaban J connectivity index is 1.49. The molecule has 1 aliphatic carbocycles. The predicted molar refractivity (Wildman–Crippen MR) is 157 cm³/mol. The molecular formula is C33H26FN3O5. The van der Waals surface area contributed by atoms with Crippen LogP contribution in [0.4, 0.5) is 10.1 Å². The van der Waals surface area contributed by atoms with Gasteiger partial charge in [-0.2, -0.15) is 0 Å². The van der Waals surface area contributed by atoms with Crippen LogP contribution in [0, 0.1) is 29.8 Å². The summed E-state index contributed by atoms with van der Waals surface area (Å²) in [5.41, 5.74) is 9.12. The smallest absolute Gasteiger partial charge is 0.280 e. The molecule has 0 unspecified atom stereocenters. The normalized spacial score (nSPS) is 13.6. The van der Waals surface area contributed by atoms with Crippen molar-refractivity contribution < 1.29 is 23.3 Å². The van der Waals surface area contributed by atoms with Gasteiger partial charge in [-0.25, -0.2) is 4.39 Å². The minimum absolute atomic E-state index is 0.0227. The number of fused-ring (bicyclic) bond motifs is 1. The first-order chi connectivity index (χ1) is 20.1. The number of nitrogens with two attached hydrogens (primary N) is 1. The third kappa shape index (κ3) is 4.58. The number of hydrogen-bond acceptors (Lipinski definition) is 5. The monoisotopic (exact) mass is 563 g/mol. The predicted octanol–water partition coefficient (Wildman–Crippen LogP) is 6.95. The Hall–Kier alpha value is -5.31. The number of nitro groups is 1. The van der Waals surface area contributed by atoms with Crippen LogP contribution in [0.2, 0.25) is 0 Å². The molecule has 2 amide bonds. The van der Waals surface area contributed by atoms with Gasteiger partial charge >= 0.3 is 0 Å². The van der Waals surface area contributed by atoms with Crippen molar-refractivity contribution >= 4 is 28.5 Å². The molecule has 0 bridgehead atoms. The Labute approximate surface area is 240 Å². The lowest BCUT2D eigenvalue weighted by molar-refractivity contribution is -0.384. The number of nitrogens with zero attached hydrogens (tertiary/aromatic N) is 1. The highest BCUT2D eigenvalue weighted by Crippen LogP contribution is 2.46. The van der Waals surface area contributed by atoms with Crippen molar-refractivity contribution in [3.63, 3.8) is 0 Å². The van der Waals surface area contributed by atoms with E-state index in [1.54, 1.807) is 12.1 Å². The number of nitro benzene ring substituents is 1. The SMILES string of the molecule is Cc1cc(C(=O)NC2(c3ccccc3)CC2)cc(-c2cc3c(C(N)=O)c(-c4ccc(F)cc4)oc3cc2[N+](=O)[O-])c1C. The average molecular weight is 564 g/mol. The summed E-state index contributed by atoms with van der Waals surface area (Å²) in [6, 6.07) is 21.2. The van der Waals surface area contributed by atoms with Crippen LogP contribution < -0.4 is 11.1 Å². The third-order valence-corrected chi connectivity index (χ3v) is 8.00. The van der Waals surface area contributed by atoms with Crippen LogP contribution in [-0.2, 0) is 5.54 Å². The minimum atomic E-state index is -0.801. The van der Waals surface area contributed by atoms with Gasteiger partial charge in [0.15, 0.2) is 0 Å². The van der Waals surface area contributed by atoms with Gasteiger partial charge in [-0.15, -0.1) is 0 Å². The third-order valence-electron chi connectivity index (χ3n) is 8.00. The summed E-state index contributed by atoms with van der Waals surface area (Å²) >= 11 is 0. The van der Waals surface area contributed by atoms with Crippen molar-refractivity contribution in [2.45, 2.75) is 32.2 Å². The van der Waals surface area contributed by atoms with Crippen LogP contribution in [-0.4, -0.2) is 16.7 Å². The molecule has 1 aliphatic rings. The van der Waals surface area contributed by atoms with Crippen LogP contribution in [0.15, 0.2) is 83.3 Å². The molecule has 9 heteroatoms. The number of hydrogen-bond donors (Lipinski definition) is 2. The fourth-order valence-corrected chi connectivity index (χ4v) is 5.48. The number of amides is 2. The van der Waals surface area contributed by atoms with E-state index in [9.17, 15) is 24.1 Å². The van der Waals surface area contributed by atoms with Crippen LogP contribution in [0.25, 0.3) is 33.4 Å². The molecule has 3 N–H and O–H groups in total. The van der Waals surface area contributed by atoms with Gasteiger partial charge in [-0.05, 0) is 91.4 Å². The highest BCUT2D eigenvalue weighted by molar-refractivity contribution is 6.12. The van der Waals surface area contributed by atoms with Crippen LogP contribution in [0.1, 0.15) is 50.2 Å². The fourth-order valence-electron chi connectivity index (χ4n) is 5.48. The Morgan fingerprint density at radius 2 is 1.67 bits per heavy atom. The molecule has 1 aromatic heterocycles. The van der Waals surface area contributed by atoms with Crippen molar-refractivity contribution in [3.8, 4) is 22.5 Å². The summed E-state index contributed by atoms with van der Waals surface area (Å²) in [6.07, 6.45) is 1.63. The number of nitrogens with one attached hydrogen (secondary N) is 1. The van der Waals surface area contributed by atoms with Gasteiger partial charge in [0.25, 0.3) is 17.5 Å². The van der Waals surface area contributed by atoms with Gasteiger partial charge in [-0.3, -0.25) is 19.7 Å². The molecule has 1 heterocycles. The minimum Gasteiger partial charge on any atom is -0.455 e. The molecule has 0 saturated heterocycles.